The molecule has 3 aromatic rings. The maximum atomic E-state index is 12.9. The molecule has 0 unspecified atom stereocenters. The van der Waals surface area contributed by atoms with Crippen molar-refractivity contribution in [3.63, 3.8) is 0 Å². The second kappa shape index (κ2) is 7.07. The van der Waals surface area contributed by atoms with E-state index in [2.05, 4.69) is 20.0 Å². The highest BCUT2D eigenvalue weighted by Crippen LogP contribution is 2.38. The van der Waals surface area contributed by atoms with E-state index in [9.17, 15) is 4.79 Å². The third kappa shape index (κ3) is 3.28. The van der Waals surface area contributed by atoms with Gasteiger partial charge in [-0.05, 0) is 25.3 Å². The van der Waals surface area contributed by atoms with E-state index >= 15 is 0 Å². The van der Waals surface area contributed by atoms with Crippen molar-refractivity contribution < 1.29 is 14.1 Å². The van der Waals surface area contributed by atoms with Crippen molar-refractivity contribution in [2.75, 3.05) is 37.7 Å². The Morgan fingerprint density at radius 3 is 3.00 bits per heavy atom. The lowest BCUT2D eigenvalue weighted by Gasteiger charge is -2.32. The molecule has 5 heterocycles. The monoisotopic (exact) mass is 413 g/mol. The number of fused-ring (bicyclic) bond motifs is 1. The third-order valence-corrected chi connectivity index (χ3v) is 6.80. The zero-order chi connectivity index (χ0) is 20.0. The van der Waals surface area contributed by atoms with Gasteiger partial charge in [0, 0.05) is 37.0 Å². The lowest BCUT2D eigenvalue weighted by molar-refractivity contribution is -0.128. The van der Waals surface area contributed by atoms with Crippen LogP contribution in [0.15, 0.2) is 22.3 Å². The third-order valence-electron chi connectivity index (χ3n) is 5.90. The number of aryl methyl sites for hydroxylation is 2. The lowest BCUT2D eigenvalue weighted by atomic mass is 9.87. The van der Waals surface area contributed by atoms with Crippen molar-refractivity contribution in [3.8, 4) is 0 Å². The second-order valence-corrected chi connectivity index (χ2v) is 8.95. The van der Waals surface area contributed by atoms with Crippen LogP contribution in [0.5, 0.6) is 0 Å². The Kier molecular flexibility index (Phi) is 4.51. The standard InChI is InChI=1S/C20H23N5O3S/c1-13-15(14(2)28-23-13)8-25-10-20(7-17(25)26)9-24(4-5-27-11-20)19-18-16(3-6-29-18)21-12-22-19/h3,6,12H,4-5,7-11H2,1-2H3/t20-/m1/s1. The van der Waals surface area contributed by atoms with Crippen molar-refractivity contribution in [1.82, 2.24) is 20.0 Å². The smallest absolute Gasteiger partial charge is 0.223 e. The molecule has 2 saturated heterocycles. The van der Waals surface area contributed by atoms with Gasteiger partial charge < -0.3 is 19.1 Å². The molecule has 3 aromatic heterocycles. The van der Waals surface area contributed by atoms with Gasteiger partial charge in [-0.25, -0.2) is 9.97 Å². The molecule has 2 fully saturated rings. The van der Waals surface area contributed by atoms with Gasteiger partial charge in [-0.3, -0.25) is 4.79 Å². The van der Waals surface area contributed by atoms with E-state index in [4.69, 9.17) is 9.26 Å². The van der Waals surface area contributed by atoms with Gasteiger partial charge in [0.25, 0.3) is 0 Å². The molecule has 0 aliphatic carbocycles. The van der Waals surface area contributed by atoms with Crippen LogP contribution in [0.2, 0.25) is 0 Å². The molecular formula is C20H23N5O3S. The minimum Gasteiger partial charge on any atom is -0.379 e. The summed E-state index contributed by atoms with van der Waals surface area (Å²) in [6.45, 7) is 7.69. The van der Waals surface area contributed by atoms with Crippen molar-refractivity contribution in [3.05, 3.63) is 34.8 Å². The molecule has 0 aromatic carbocycles. The normalized spacial score (nSPS) is 22.8. The molecule has 1 spiro atoms. The Bertz CT molecular complexity index is 1040. The van der Waals surface area contributed by atoms with Crippen LogP contribution < -0.4 is 4.90 Å². The van der Waals surface area contributed by atoms with Crippen LogP contribution in [0, 0.1) is 19.3 Å². The van der Waals surface area contributed by atoms with Gasteiger partial charge in [-0.15, -0.1) is 11.3 Å². The molecule has 152 valence electrons. The number of thiophene rings is 1. The predicted molar refractivity (Wildman–Crippen MR) is 109 cm³/mol. The molecule has 29 heavy (non-hydrogen) atoms. The first-order chi connectivity index (χ1) is 14.0. The summed E-state index contributed by atoms with van der Waals surface area (Å²) in [5, 5.41) is 6.06. The molecule has 2 aliphatic rings. The highest BCUT2D eigenvalue weighted by Gasteiger charge is 2.46. The van der Waals surface area contributed by atoms with Crippen molar-refractivity contribution in [2.45, 2.75) is 26.8 Å². The molecule has 5 rings (SSSR count). The van der Waals surface area contributed by atoms with Crippen LogP contribution >= 0.6 is 11.3 Å². The number of ether oxygens (including phenoxy) is 1. The Morgan fingerprint density at radius 2 is 2.17 bits per heavy atom. The summed E-state index contributed by atoms with van der Waals surface area (Å²) in [6, 6.07) is 2.01. The Hall–Kier alpha value is -2.52. The van der Waals surface area contributed by atoms with E-state index in [-0.39, 0.29) is 11.3 Å². The molecule has 8 nitrogen and oxygen atoms in total. The number of hydrogen-bond acceptors (Lipinski definition) is 8. The number of rotatable bonds is 3. The highest BCUT2D eigenvalue weighted by molar-refractivity contribution is 7.17. The summed E-state index contributed by atoms with van der Waals surface area (Å²) in [5.74, 6) is 1.86. The Balaban J connectivity index is 1.41. The van der Waals surface area contributed by atoms with Gasteiger partial charge >= 0.3 is 0 Å². The fourth-order valence-corrected chi connectivity index (χ4v) is 5.28. The number of likely N-dealkylation sites (tertiary alicyclic amines) is 1. The van der Waals surface area contributed by atoms with Crippen LogP contribution in [-0.2, 0) is 16.1 Å². The van der Waals surface area contributed by atoms with Gasteiger partial charge in [0.15, 0.2) is 0 Å². The highest BCUT2D eigenvalue weighted by atomic mass is 32.1. The van der Waals surface area contributed by atoms with Gasteiger partial charge in [0.05, 0.1) is 35.7 Å². The largest absolute Gasteiger partial charge is 0.379 e. The van der Waals surface area contributed by atoms with E-state index < -0.39 is 0 Å². The zero-order valence-electron chi connectivity index (χ0n) is 16.6. The minimum atomic E-state index is -0.249. The Morgan fingerprint density at radius 1 is 1.28 bits per heavy atom. The number of carbonyl (C=O) groups excluding carboxylic acids is 1. The molecule has 0 saturated carbocycles. The molecule has 9 heteroatoms. The maximum absolute atomic E-state index is 12.9. The molecule has 0 bridgehead atoms. The van der Waals surface area contributed by atoms with E-state index in [1.807, 2.05) is 30.2 Å². The minimum absolute atomic E-state index is 0.152. The van der Waals surface area contributed by atoms with Gasteiger partial charge in [-0.1, -0.05) is 5.16 Å². The van der Waals surface area contributed by atoms with Gasteiger partial charge in [-0.2, -0.15) is 0 Å². The zero-order valence-corrected chi connectivity index (χ0v) is 17.4. The van der Waals surface area contributed by atoms with Gasteiger partial charge in [0.1, 0.15) is 17.9 Å². The van der Waals surface area contributed by atoms with Crippen molar-refractivity contribution in [1.29, 1.82) is 0 Å². The van der Waals surface area contributed by atoms with Crippen LogP contribution in [0.1, 0.15) is 23.4 Å². The number of carbonyl (C=O) groups is 1. The molecule has 0 N–H and O–H groups in total. The Labute approximate surface area is 172 Å². The molecule has 1 atom stereocenters. The SMILES string of the molecule is Cc1noc(C)c1CN1C[C@@]2(COCCN(c3ncnc4ccsc34)C2)CC1=O. The summed E-state index contributed by atoms with van der Waals surface area (Å²) >= 11 is 1.65. The average Bonchev–Trinajstić information content (AvgIpc) is 3.34. The first kappa shape index (κ1) is 18.5. The summed E-state index contributed by atoms with van der Waals surface area (Å²) in [5.41, 5.74) is 2.55. The molecule has 0 radical (unpaired) electrons. The fraction of sp³-hybridized carbons (Fsp3) is 0.500. The quantitative estimate of drug-likeness (QED) is 0.652. The topological polar surface area (TPSA) is 84.6 Å². The summed E-state index contributed by atoms with van der Waals surface area (Å²) in [4.78, 5) is 26.0. The van der Waals surface area contributed by atoms with E-state index in [0.717, 1.165) is 46.1 Å². The van der Waals surface area contributed by atoms with E-state index in [1.165, 1.54) is 0 Å². The van der Waals surface area contributed by atoms with Crippen LogP contribution in [0.4, 0.5) is 5.82 Å². The van der Waals surface area contributed by atoms with Crippen molar-refractivity contribution in [2.24, 2.45) is 5.41 Å². The first-order valence-electron chi connectivity index (χ1n) is 9.75. The van der Waals surface area contributed by atoms with Crippen LogP contribution in [-0.4, -0.2) is 58.8 Å². The van der Waals surface area contributed by atoms with E-state index in [0.29, 0.717) is 32.7 Å². The molecule has 2 aliphatic heterocycles. The summed E-state index contributed by atoms with van der Waals surface area (Å²) in [7, 11) is 0. The lowest BCUT2D eigenvalue weighted by Crippen LogP contribution is -2.41. The molecular weight excluding hydrogens is 390 g/mol. The number of nitrogens with zero attached hydrogens (tertiary/aromatic N) is 5. The fourth-order valence-electron chi connectivity index (χ4n) is 4.42. The second-order valence-electron chi connectivity index (χ2n) is 8.04. The van der Waals surface area contributed by atoms with Crippen molar-refractivity contribution >= 4 is 33.3 Å². The average molecular weight is 414 g/mol. The maximum Gasteiger partial charge on any atom is 0.223 e. The summed E-state index contributed by atoms with van der Waals surface area (Å²) < 4.78 is 12.3. The first-order valence-corrected chi connectivity index (χ1v) is 10.6. The number of hydrogen-bond donors (Lipinski definition) is 0. The number of amides is 1. The predicted octanol–water partition coefficient (Wildman–Crippen LogP) is 2.55. The summed E-state index contributed by atoms with van der Waals surface area (Å²) in [6.07, 6.45) is 2.10. The van der Waals surface area contributed by atoms with Crippen LogP contribution in [0.3, 0.4) is 0 Å². The molecule has 1 amide bonds. The van der Waals surface area contributed by atoms with E-state index in [1.54, 1.807) is 17.7 Å². The van der Waals surface area contributed by atoms with Crippen LogP contribution in [0.25, 0.3) is 10.2 Å². The number of anilines is 1. The number of aromatic nitrogens is 3. The van der Waals surface area contributed by atoms with Gasteiger partial charge in [0.2, 0.25) is 5.91 Å².